The monoisotopic (exact) mass is 370 g/mol. The van der Waals surface area contributed by atoms with E-state index in [0.29, 0.717) is 30.2 Å². The lowest BCUT2D eigenvalue weighted by molar-refractivity contribution is -0.118. The average molecular weight is 370 g/mol. The van der Waals surface area contributed by atoms with Crippen molar-refractivity contribution in [3.05, 3.63) is 60.1 Å². The molecule has 0 bridgehead atoms. The van der Waals surface area contributed by atoms with Gasteiger partial charge in [-0.3, -0.25) is 4.79 Å². The lowest BCUT2D eigenvalue weighted by Crippen LogP contribution is -2.30. The molecule has 27 heavy (non-hydrogen) atoms. The molecule has 0 N–H and O–H groups in total. The quantitative estimate of drug-likeness (QED) is 0.703. The molecular weight excluding hydrogens is 354 g/mol. The van der Waals surface area contributed by atoms with E-state index in [0.717, 1.165) is 12.6 Å². The van der Waals surface area contributed by atoms with Crippen molar-refractivity contribution in [3.8, 4) is 11.5 Å². The summed E-state index contributed by atoms with van der Waals surface area (Å²) in [5, 5.41) is 3.90. The van der Waals surface area contributed by atoms with Crippen LogP contribution in [-0.2, 0) is 4.79 Å². The second-order valence-corrected chi connectivity index (χ2v) is 6.38. The van der Waals surface area contributed by atoms with Gasteiger partial charge in [0.1, 0.15) is 17.3 Å². The average Bonchev–Trinajstić information content (AvgIpc) is 3.08. The van der Waals surface area contributed by atoms with E-state index >= 15 is 0 Å². The zero-order valence-corrected chi connectivity index (χ0v) is 14.3. The van der Waals surface area contributed by atoms with Crippen molar-refractivity contribution in [1.29, 1.82) is 0 Å². The van der Waals surface area contributed by atoms with Crippen LogP contribution in [0.1, 0.15) is 31.1 Å². The highest BCUT2D eigenvalue weighted by molar-refractivity contribution is 5.94. The van der Waals surface area contributed by atoms with Crippen LogP contribution in [0.2, 0.25) is 0 Å². The summed E-state index contributed by atoms with van der Waals surface area (Å²) in [5.41, 5.74) is 1.07. The lowest BCUT2D eigenvalue weighted by Gasteiger charge is -2.20. The van der Waals surface area contributed by atoms with E-state index in [-0.39, 0.29) is 29.9 Å². The standard InChI is InChI=1S/C19H16F2N4O2/c20-13-3-6-15(7-4-13)25-9-1-2-12(10-17(25)26)19-23-18(24-27-19)16-8-5-14(21)11-22-16/h3-8,11-12H,1-2,9-10H2. The lowest BCUT2D eigenvalue weighted by atomic mass is 10.0. The Hall–Kier alpha value is -3.16. The van der Waals surface area contributed by atoms with Crippen LogP contribution in [0.25, 0.3) is 11.5 Å². The van der Waals surface area contributed by atoms with Crippen LogP contribution in [-0.4, -0.2) is 27.6 Å². The number of hydrogen-bond donors (Lipinski definition) is 0. The van der Waals surface area contributed by atoms with Gasteiger partial charge < -0.3 is 9.42 Å². The molecule has 3 aromatic rings. The van der Waals surface area contributed by atoms with Gasteiger partial charge in [0, 0.05) is 24.6 Å². The van der Waals surface area contributed by atoms with Crippen LogP contribution in [0.5, 0.6) is 0 Å². The molecule has 1 amide bonds. The SMILES string of the molecule is O=C1CC(c2nc(-c3ccc(F)cn3)no2)CCCN1c1ccc(F)cc1. The molecule has 8 heteroatoms. The van der Waals surface area contributed by atoms with E-state index in [9.17, 15) is 13.6 Å². The van der Waals surface area contributed by atoms with Crippen LogP contribution in [0.4, 0.5) is 14.5 Å². The number of hydrogen-bond acceptors (Lipinski definition) is 5. The molecule has 2 aromatic heterocycles. The molecule has 0 radical (unpaired) electrons. The van der Waals surface area contributed by atoms with Gasteiger partial charge in [-0.2, -0.15) is 4.98 Å². The molecule has 1 unspecified atom stereocenters. The van der Waals surface area contributed by atoms with Gasteiger partial charge in [0.25, 0.3) is 0 Å². The van der Waals surface area contributed by atoms with Crippen molar-refractivity contribution in [2.24, 2.45) is 0 Å². The van der Waals surface area contributed by atoms with E-state index in [4.69, 9.17) is 4.52 Å². The van der Waals surface area contributed by atoms with E-state index < -0.39 is 5.82 Å². The molecule has 1 aromatic carbocycles. The van der Waals surface area contributed by atoms with Crippen molar-refractivity contribution in [2.75, 3.05) is 11.4 Å². The molecule has 1 atom stereocenters. The maximum Gasteiger partial charge on any atom is 0.230 e. The Bertz CT molecular complexity index is 941. The Balaban J connectivity index is 1.51. The number of halogens is 2. The van der Waals surface area contributed by atoms with Gasteiger partial charge in [0.05, 0.1) is 6.20 Å². The summed E-state index contributed by atoms with van der Waals surface area (Å²) in [6, 6.07) is 8.61. The topological polar surface area (TPSA) is 72.1 Å². The van der Waals surface area contributed by atoms with E-state index in [1.54, 1.807) is 17.0 Å². The molecule has 0 spiro atoms. The maximum atomic E-state index is 13.1. The minimum Gasteiger partial charge on any atom is -0.339 e. The number of aromatic nitrogens is 3. The van der Waals surface area contributed by atoms with Gasteiger partial charge in [0.2, 0.25) is 17.6 Å². The first kappa shape index (κ1) is 17.3. The minimum absolute atomic E-state index is 0.0798. The summed E-state index contributed by atoms with van der Waals surface area (Å²) in [7, 11) is 0. The summed E-state index contributed by atoms with van der Waals surface area (Å²) in [6.45, 7) is 0.543. The number of nitrogens with zero attached hydrogens (tertiary/aromatic N) is 4. The largest absolute Gasteiger partial charge is 0.339 e. The number of benzene rings is 1. The van der Waals surface area contributed by atoms with Crippen molar-refractivity contribution in [1.82, 2.24) is 15.1 Å². The first-order valence-corrected chi connectivity index (χ1v) is 8.61. The fourth-order valence-electron chi connectivity index (χ4n) is 3.16. The highest BCUT2D eigenvalue weighted by Gasteiger charge is 2.29. The molecule has 6 nitrogen and oxygen atoms in total. The third-order valence-electron chi connectivity index (χ3n) is 4.54. The summed E-state index contributed by atoms with van der Waals surface area (Å²) in [6.07, 6.45) is 2.76. The second kappa shape index (κ2) is 7.22. The van der Waals surface area contributed by atoms with Gasteiger partial charge in [0.15, 0.2) is 0 Å². The number of carbonyl (C=O) groups excluding carboxylic acids is 1. The van der Waals surface area contributed by atoms with Crippen LogP contribution >= 0.6 is 0 Å². The van der Waals surface area contributed by atoms with E-state index in [2.05, 4.69) is 15.1 Å². The molecule has 1 fully saturated rings. The van der Waals surface area contributed by atoms with E-state index in [1.165, 1.54) is 24.3 Å². The smallest absolute Gasteiger partial charge is 0.230 e. The Morgan fingerprint density at radius 3 is 2.59 bits per heavy atom. The third kappa shape index (κ3) is 3.69. The third-order valence-corrected chi connectivity index (χ3v) is 4.54. The van der Waals surface area contributed by atoms with E-state index in [1.807, 2.05) is 0 Å². The zero-order valence-electron chi connectivity index (χ0n) is 14.3. The highest BCUT2D eigenvalue weighted by atomic mass is 19.1. The van der Waals surface area contributed by atoms with Gasteiger partial charge >= 0.3 is 0 Å². The molecule has 0 saturated carbocycles. The summed E-state index contributed by atoms with van der Waals surface area (Å²) in [4.78, 5) is 22.6. The Kier molecular flexibility index (Phi) is 4.62. The van der Waals surface area contributed by atoms with Crippen LogP contribution in [0, 0.1) is 11.6 Å². The Morgan fingerprint density at radius 1 is 1.07 bits per heavy atom. The summed E-state index contributed by atoms with van der Waals surface area (Å²) >= 11 is 0. The predicted octanol–water partition coefficient (Wildman–Crippen LogP) is 3.71. The Morgan fingerprint density at radius 2 is 1.85 bits per heavy atom. The second-order valence-electron chi connectivity index (χ2n) is 6.38. The predicted molar refractivity (Wildman–Crippen MR) is 92.8 cm³/mol. The molecule has 0 aliphatic carbocycles. The number of carbonyl (C=O) groups is 1. The highest BCUT2D eigenvalue weighted by Crippen LogP contribution is 2.31. The Labute approximate surface area is 153 Å². The maximum absolute atomic E-state index is 13.1. The molecule has 1 aliphatic rings. The number of anilines is 1. The summed E-state index contributed by atoms with van der Waals surface area (Å²) in [5.74, 6) is -0.444. The zero-order chi connectivity index (χ0) is 18.8. The van der Waals surface area contributed by atoms with Gasteiger partial charge in [-0.1, -0.05) is 5.16 Å². The number of rotatable bonds is 3. The normalized spacial score (nSPS) is 17.8. The van der Waals surface area contributed by atoms with Crippen molar-refractivity contribution in [2.45, 2.75) is 25.2 Å². The molecule has 1 aliphatic heterocycles. The van der Waals surface area contributed by atoms with Gasteiger partial charge in [-0.05, 0) is 49.2 Å². The molecule has 138 valence electrons. The fraction of sp³-hybridized carbons (Fsp3) is 0.263. The van der Waals surface area contributed by atoms with Crippen LogP contribution in [0.15, 0.2) is 47.1 Å². The van der Waals surface area contributed by atoms with Crippen LogP contribution in [0.3, 0.4) is 0 Å². The summed E-state index contributed by atoms with van der Waals surface area (Å²) < 4.78 is 31.5. The molecule has 1 saturated heterocycles. The fourth-order valence-corrected chi connectivity index (χ4v) is 3.16. The molecule has 4 rings (SSSR count). The van der Waals surface area contributed by atoms with Gasteiger partial charge in [-0.25, -0.2) is 13.8 Å². The first-order chi connectivity index (χ1) is 13.1. The minimum atomic E-state index is -0.447. The van der Waals surface area contributed by atoms with Crippen LogP contribution < -0.4 is 4.90 Å². The van der Waals surface area contributed by atoms with Crippen molar-refractivity contribution < 1.29 is 18.1 Å². The number of pyridine rings is 1. The van der Waals surface area contributed by atoms with Crippen molar-refractivity contribution in [3.63, 3.8) is 0 Å². The number of amides is 1. The van der Waals surface area contributed by atoms with Crippen molar-refractivity contribution >= 4 is 11.6 Å². The molecular formula is C19H16F2N4O2. The first-order valence-electron chi connectivity index (χ1n) is 8.61. The molecule has 3 heterocycles. The van der Waals surface area contributed by atoms with Gasteiger partial charge in [-0.15, -0.1) is 0 Å².